The monoisotopic (exact) mass is 477 g/mol. The zero-order valence-electron chi connectivity index (χ0n) is 20.8. The summed E-state index contributed by atoms with van der Waals surface area (Å²) >= 11 is 0. The Morgan fingerprint density at radius 3 is 2.44 bits per heavy atom. The van der Waals surface area contributed by atoms with E-state index in [4.69, 9.17) is 4.98 Å². The largest absolute Gasteiger partial charge is 0.336 e. The van der Waals surface area contributed by atoms with Crippen LogP contribution in [-0.4, -0.2) is 51.4 Å². The molecule has 1 aromatic heterocycles. The Balaban J connectivity index is 1.32. The third-order valence-electron chi connectivity index (χ3n) is 7.33. The number of benzene rings is 3. The molecular formula is C30H31N5O. The summed E-state index contributed by atoms with van der Waals surface area (Å²) in [6.45, 7) is 8.21. The molecule has 2 aliphatic heterocycles. The molecule has 2 aliphatic rings. The lowest BCUT2D eigenvalue weighted by molar-refractivity contribution is -0.129. The number of nitrogens with zero attached hydrogens (tertiary/aromatic N) is 4. The lowest BCUT2D eigenvalue weighted by atomic mass is 9.92. The van der Waals surface area contributed by atoms with Crippen LogP contribution in [0.4, 0.5) is 5.95 Å². The quantitative estimate of drug-likeness (QED) is 0.451. The first-order valence-corrected chi connectivity index (χ1v) is 12.7. The number of rotatable bonds is 4. The summed E-state index contributed by atoms with van der Waals surface area (Å²) in [5, 5.41) is 3.45. The van der Waals surface area contributed by atoms with Crippen LogP contribution in [0.2, 0.25) is 0 Å². The Hall–Kier alpha value is -3.90. The molecule has 1 amide bonds. The standard InChI is InChI=1S/C30H31N5O/c1-21-9-8-12-24(19-21)28-27(22(2)31-30-32-25-13-6-7-14-26(25)35(28)30)29(36)34-17-15-33(16-18-34)20-23-10-4-3-5-11-23/h3-14,19,28H,15-18,20H2,1-2H3,(H,31,32)/t28-/m1/s1. The number of fused-ring (bicyclic) bond motifs is 3. The predicted octanol–water partition coefficient (Wildman–Crippen LogP) is 4.98. The van der Waals surface area contributed by atoms with Crippen molar-refractivity contribution in [1.29, 1.82) is 0 Å². The van der Waals surface area contributed by atoms with E-state index in [2.05, 4.69) is 76.3 Å². The van der Waals surface area contributed by atoms with Gasteiger partial charge >= 0.3 is 0 Å². The Bertz CT molecular complexity index is 1450. The van der Waals surface area contributed by atoms with Crippen LogP contribution >= 0.6 is 0 Å². The number of piperazine rings is 1. The molecule has 0 unspecified atom stereocenters. The van der Waals surface area contributed by atoms with Gasteiger partial charge in [-0.1, -0.05) is 72.3 Å². The smallest absolute Gasteiger partial charge is 0.254 e. The van der Waals surface area contributed by atoms with Gasteiger partial charge in [-0.3, -0.25) is 14.3 Å². The lowest BCUT2D eigenvalue weighted by Crippen LogP contribution is -2.49. The van der Waals surface area contributed by atoms with Gasteiger partial charge in [-0.25, -0.2) is 4.98 Å². The van der Waals surface area contributed by atoms with Crippen molar-refractivity contribution in [3.63, 3.8) is 0 Å². The minimum Gasteiger partial charge on any atom is -0.336 e. The number of para-hydroxylation sites is 2. The van der Waals surface area contributed by atoms with Gasteiger partial charge in [0.05, 0.1) is 22.6 Å². The van der Waals surface area contributed by atoms with E-state index in [0.29, 0.717) is 0 Å². The van der Waals surface area contributed by atoms with Crippen LogP contribution in [0.1, 0.15) is 29.7 Å². The number of aryl methyl sites for hydroxylation is 1. The average Bonchev–Trinajstić information content (AvgIpc) is 3.26. The first-order chi connectivity index (χ1) is 17.6. The molecule has 6 heteroatoms. The molecule has 1 atom stereocenters. The summed E-state index contributed by atoms with van der Waals surface area (Å²) in [5.74, 6) is 0.888. The topological polar surface area (TPSA) is 53.4 Å². The molecule has 0 saturated carbocycles. The fourth-order valence-corrected chi connectivity index (χ4v) is 5.52. The van der Waals surface area contributed by atoms with Crippen molar-refractivity contribution in [1.82, 2.24) is 19.4 Å². The highest BCUT2D eigenvalue weighted by Crippen LogP contribution is 2.40. The van der Waals surface area contributed by atoms with E-state index >= 15 is 0 Å². The first kappa shape index (κ1) is 22.6. The van der Waals surface area contributed by atoms with E-state index < -0.39 is 0 Å². The van der Waals surface area contributed by atoms with Crippen molar-refractivity contribution in [3.8, 4) is 0 Å². The molecule has 0 bridgehead atoms. The molecule has 1 N–H and O–H groups in total. The minimum absolute atomic E-state index is 0.106. The fraction of sp³-hybridized carbons (Fsp3) is 0.267. The molecule has 0 spiro atoms. The number of anilines is 1. The summed E-state index contributed by atoms with van der Waals surface area (Å²) in [6.07, 6.45) is 0. The van der Waals surface area contributed by atoms with Gasteiger partial charge in [0.1, 0.15) is 0 Å². The molecule has 1 saturated heterocycles. The van der Waals surface area contributed by atoms with Gasteiger partial charge < -0.3 is 10.2 Å². The number of amides is 1. The number of allylic oxidation sites excluding steroid dienone is 1. The van der Waals surface area contributed by atoms with Crippen LogP contribution in [0.5, 0.6) is 0 Å². The summed E-state index contributed by atoms with van der Waals surface area (Å²) < 4.78 is 2.19. The number of carbonyl (C=O) groups excluding carboxylic acids is 1. The third kappa shape index (κ3) is 4.07. The Morgan fingerprint density at radius 1 is 0.917 bits per heavy atom. The van der Waals surface area contributed by atoms with Crippen molar-refractivity contribution in [2.75, 3.05) is 31.5 Å². The van der Waals surface area contributed by atoms with Crippen LogP contribution in [0, 0.1) is 6.92 Å². The maximum absolute atomic E-state index is 14.1. The highest BCUT2D eigenvalue weighted by molar-refractivity contribution is 5.98. The van der Waals surface area contributed by atoms with E-state index in [0.717, 1.165) is 66.5 Å². The molecule has 182 valence electrons. The number of imidazole rings is 1. The van der Waals surface area contributed by atoms with Crippen molar-refractivity contribution in [2.45, 2.75) is 26.4 Å². The predicted molar refractivity (Wildman–Crippen MR) is 144 cm³/mol. The van der Waals surface area contributed by atoms with E-state index in [9.17, 15) is 4.79 Å². The molecule has 0 aliphatic carbocycles. The minimum atomic E-state index is -0.233. The van der Waals surface area contributed by atoms with Crippen LogP contribution in [0.25, 0.3) is 11.0 Å². The summed E-state index contributed by atoms with van der Waals surface area (Å²) in [4.78, 5) is 23.4. The molecule has 0 radical (unpaired) electrons. The van der Waals surface area contributed by atoms with Gasteiger partial charge in [-0.15, -0.1) is 0 Å². The second-order valence-electron chi connectivity index (χ2n) is 9.83. The zero-order chi connectivity index (χ0) is 24.6. The number of hydrogen-bond donors (Lipinski definition) is 1. The van der Waals surface area contributed by atoms with E-state index in [-0.39, 0.29) is 11.9 Å². The van der Waals surface area contributed by atoms with Gasteiger partial charge in [0.15, 0.2) is 0 Å². The van der Waals surface area contributed by atoms with Gasteiger partial charge in [-0.05, 0) is 37.1 Å². The van der Waals surface area contributed by atoms with E-state index in [1.807, 2.05) is 36.1 Å². The van der Waals surface area contributed by atoms with Crippen molar-refractivity contribution in [3.05, 3.63) is 107 Å². The number of nitrogens with one attached hydrogen (secondary N) is 1. The molecule has 6 nitrogen and oxygen atoms in total. The van der Waals surface area contributed by atoms with Gasteiger partial charge in [-0.2, -0.15) is 0 Å². The van der Waals surface area contributed by atoms with E-state index in [1.165, 1.54) is 11.1 Å². The van der Waals surface area contributed by atoms with Gasteiger partial charge in [0.2, 0.25) is 5.95 Å². The Labute approximate surface area is 211 Å². The zero-order valence-corrected chi connectivity index (χ0v) is 20.8. The van der Waals surface area contributed by atoms with Crippen molar-refractivity contribution >= 4 is 22.9 Å². The van der Waals surface area contributed by atoms with Crippen LogP contribution in [0.3, 0.4) is 0 Å². The maximum Gasteiger partial charge on any atom is 0.254 e. The summed E-state index contributed by atoms with van der Waals surface area (Å²) in [7, 11) is 0. The van der Waals surface area contributed by atoms with Crippen LogP contribution in [0.15, 0.2) is 90.1 Å². The average molecular weight is 478 g/mol. The summed E-state index contributed by atoms with van der Waals surface area (Å²) in [5.41, 5.74) is 7.22. The molecule has 3 aromatic carbocycles. The molecule has 4 aromatic rings. The molecule has 6 rings (SSSR count). The Morgan fingerprint density at radius 2 is 1.67 bits per heavy atom. The number of hydrogen-bond acceptors (Lipinski definition) is 4. The maximum atomic E-state index is 14.1. The number of aromatic nitrogens is 2. The first-order valence-electron chi connectivity index (χ1n) is 12.7. The lowest BCUT2D eigenvalue weighted by Gasteiger charge is -2.38. The van der Waals surface area contributed by atoms with Gasteiger partial charge in [0, 0.05) is 38.4 Å². The second-order valence-corrected chi connectivity index (χ2v) is 9.83. The fourth-order valence-electron chi connectivity index (χ4n) is 5.52. The van der Waals surface area contributed by atoms with E-state index in [1.54, 1.807) is 0 Å². The van der Waals surface area contributed by atoms with Gasteiger partial charge in [0.25, 0.3) is 5.91 Å². The van der Waals surface area contributed by atoms with Crippen molar-refractivity contribution in [2.24, 2.45) is 0 Å². The molecule has 3 heterocycles. The van der Waals surface area contributed by atoms with Crippen LogP contribution < -0.4 is 5.32 Å². The molecular weight excluding hydrogens is 446 g/mol. The highest BCUT2D eigenvalue weighted by Gasteiger charge is 2.36. The number of carbonyl (C=O) groups is 1. The summed E-state index contributed by atoms with van der Waals surface area (Å²) in [6, 6.07) is 26.9. The molecule has 1 fully saturated rings. The third-order valence-corrected chi connectivity index (χ3v) is 7.33. The van der Waals surface area contributed by atoms with Crippen molar-refractivity contribution < 1.29 is 4.79 Å². The second kappa shape index (κ2) is 9.28. The SMILES string of the molecule is CC1=C(C(=O)N2CCN(Cc3ccccc3)CC2)[C@@H](c2cccc(C)c2)n2c(nc3ccccc32)N1. The highest BCUT2D eigenvalue weighted by atomic mass is 16.2. The normalized spacial score (nSPS) is 18.3. The van der Waals surface area contributed by atoms with Crippen LogP contribution in [-0.2, 0) is 11.3 Å². The molecule has 36 heavy (non-hydrogen) atoms. The Kier molecular flexibility index (Phi) is 5.82.